The molecule has 0 saturated carbocycles. The number of methoxy groups -OCH3 is 2. The Kier molecular flexibility index (Phi) is 10.4. The molecule has 2 heterocycles. The third-order valence-corrected chi connectivity index (χ3v) is 10.6. The summed E-state index contributed by atoms with van der Waals surface area (Å²) in [6, 6.07) is 16.1. The summed E-state index contributed by atoms with van der Waals surface area (Å²) in [4.78, 5) is 29.5. The number of piperidine rings is 1. The van der Waals surface area contributed by atoms with Crippen LogP contribution < -0.4 is 14.2 Å². The van der Waals surface area contributed by atoms with Crippen molar-refractivity contribution in [3.63, 3.8) is 0 Å². The van der Waals surface area contributed by atoms with Crippen molar-refractivity contribution in [3.05, 3.63) is 76.8 Å². The smallest absolute Gasteiger partial charge is 0.341 e. The van der Waals surface area contributed by atoms with Gasteiger partial charge in [0.1, 0.15) is 17.9 Å². The van der Waals surface area contributed by atoms with Gasteiger partial charge in [0.25, 0.3) is 0 Å². The number of hydrogen-bond acceptors (Lipinski definition) is 10. The molecule has 11 nitrogen and oxygen atoms in total. The van der Waals surface area contributed by atoms with Crippen LogP contribution in [0, 0.1) is 6.92 Å². The van der Waals surface area contributed by atoms with Crippen molar-refractivity contribution in [2.24, 2.45) is 0 Å². The minimum absolute atomic E-state index is 0.108. The van der Waals surface area contributed by atoms with Crippen molar-refractivity contribution < 1.29 is 42.1 Å². The molecule has 1 aliphatic rings. The molecule has 1 aliphatic heterocycles. The number of benzene rings is 3. The summed E-state index contributed by atoms with van der Waals surface area (Å²) in [5, 5.41) is 9.90. The first-order valence-electron chi connectivity index (χ1n) is 14.8. The largest absolute Gasteiger partial charge is 0.493 e. The molecule has 1 N–H and O–H groups in total. The fourth-order valence-corrected chi connectivity index (χ4v) is 8.15. The highest BCUT2D eigenvalue weighted by Gasteiger charge is 2.39. The van der Waals surface area contributed by atoms with E-state index in [9.17, 15) is 18.0 Å². The highest BCUT2D eigenvalue weighted by atomic mass is 32.2. The first-order valence-corrected chi connectivity index (χ1v) is 17.1. The molecule has 0 unspecified atom stereocenters. The number of fused-ring (bicyclic) bond motifs is 1. The standard InChI is InChI=1S/C33H36N2O9S2/c1-21-34-26-13-12-25(19-31(26)45-21)46(39,40)35-16-5-4-9-27(35)33(38)44-28(23-7-6-8-24(18-23)43-20-32(36)37)14-10-22-11-15-29(41-2)30(17-22)42-3/h6-8,11-13,15,17-19,27-28H,4-5,9-10,14,16,20H2,1-3H3,(H,36,37)/t27-,28-/m1/s1. The van der Waals surface area contributed by atoms with Crippen LogP contribution in [-0.4, -0.2) is 68.2 Å². The van der Waals surface area contributed by atoms with Crippen LogP contribution in [0.1, 0.15) is 47.9 Å². The number of ether oxygens (including phenoxy) is 4. The minimum atomic E-state index is -4.02. The summed E-state index contributed by atoms with van der Waals surface area (Å²) in [6.45, 7) is 1.53. The van der Waals surface area contributed by atoms with Gasteiger partial charge in [-0.25, -0.2) is 18.2 Å². The number of carboxylic acids is 1. The van der Waals surface area contributed by atoms with Crippen LogP contribution in [0.2, 0.25) is 0 Å². The van der Waals surface area contributed by atoms with E-state index in [4.69, 9.17) is 24.1 Å². The molecule has 4 aromatic rings. The average Bonchev–Trinajstić information content (AvgIpc) is 3.44. The van der Waals surface area contributed by atoms with Gasteiger partial charge in [0, 0.05) is 6.54 Å². The highest BCUT2D eigenvalue weighted by molar-refractivity contribution is 7.89. The van der Waals surface area contributed by atoms with E-state index in [-0.39, 0.29) is 11.4 Å². The number of nitrogens with zero attached hydrogens (tertiary/aromatic N) is 2. The summed E-state index contributed by atoms with van der Waals surface area (Å²) in [7, 11) is -0.914. The number of carbonyl (C=O) groups excluding carboxylic acids is 1. The molecule has 2 atom stereocenters. The predicted octanol–water partition coefficient (Wildman–Crippen LogP) is 5.55. The van der Waals surface area contributed by atoms with Crippen molar-refractivity contribution in [1.82, 2.24) is 9.29 Å². The fourth-order valence-electron chi connectivity index (χ4n) is 5.54. The molecule has 0 spiro atoms. The summed E-state index contributed by atoms with van der Waals surface area (Å²) in [6.07, 6.45) is 1.68. The van der Waals surface area contributed by atoms with Gasteiger partial charge in [-0.3, -0.25) is 4.79 Å². The van der Waals surface area contributed by atoms with Crippen molar-refractivity contribution in [2.45, 2.75) is 56.1 Å². The first-order chi connectivity index (χ1) is 22.1. The predicted molar refractivity (Wildman–Crippen MR) is 172 cm³/mol. The van der Waals surface area contributed by atoms with Crippen LogP contribution in [0.15, 0.2) is 65.6 Å². The lowest BCUT2D eigenvalue weighted by molar-refractivity contribution is -0.155. The highest BCUT2D eigenvalue weighted by Crippen LogP contribution is 2.34. The maximum atomic E-state index is 13.9. The van der Waals surface area contributed by atoms with E-state index < -0.39 is 40.7 Å². The lowest BCUT2D eigenvalue weighted by Crippen LogP contribution is -2.48. The van der Waals surface area contributed by atoms with Gasteiger partial charge in [-0.05, 0) is 92.6 Å². The molecule has 3 aromatic carbocycles. The molecular formula is C33H36N2O9S2. The zero-order valence-electron chi connectivity index (χ0n) is 25.8. The van der Waals surface area contributed by atoms with Gasteiger partial charge in [0.05, 0.1) is 34.3 Å². The van der Waals surface area contributed by atoms with Crippen LogP contribution in [-0.2, 0) is 30.8 Å². The summed E-state index contributed by atoms with van der Waals surface area (Å²) < 4.78 is 52.1. The van der Waals surface area contributed by atoms with Crippen LogP contribution in [0.3, 0.4) is 0 Å². The van der Waals surface area contributed by atoms with E-state index in [1.165, 1.54) is 21.7 Å². The average molecular weight is 669 g/mol. The molecule has 244 valence electrons. The molecule has 0 aliphatic carbocycles. The number of esters is 1. The van der Waals surface area contributed by atoms with Crippen LogP contribution in [0.25, 0.3) is 10.2 Å². The number of aryl methyl sites for hydroxylation is 2. The summed E-state index contributed by atoms with van der Waals surface area (Å²) in [5.41, 5.74) is 2.23. The Labute approximate surface area is 271 Å². The van der Waals surface area contributed by atoms with Gasteiger partial charge in [-0.1, -0.05) is 18.2 Å². The Hall–Kier alpha value is -4.20. The molecule has 0 amide bonds. The molecular weight excluding hydrogens is 633 g/mol. The van der Waals surface area contributed by atoms with Gasteiger partial charge in [0.2, 0.25) is 10.0 Å². The van der Waals surface area contributed by atoms with Gasteiger partial charge >= 0.3 is 11.9 Å². The van der Waals surface area contributed by atoms with Crippen molar-refractivity contribution in [3.8, 4) is 17.2 Å². The Balaban J connectivity index is 1.41. The Bertz CT molecular complexity index is 1820. The third-order valence-electron chi connectivity index (χ3n) is 7.79. The Morgan fingerprint density at radius 3 is 2.61 bits per heavy atom. The second-order valence-corrected chi connectivity index (χ2v) is 14.0. The molecule has 46 heavy (non-hydrogen) atoms. The van der Waals surface area contributed by atoms with Gasteiger partial charge < -0.3 is 24.1 Å². The lowest BCUT2D eigenvalue weighted by Gasteiger charge is -2.34. The van der Waals surface area contributed by atoms with Crippen molar-refractivity contribution in [1.29, 1.82) is 0 Å². The topological polar surface area (TPSA) is 142 Å². The quantitative estimate of drug-likeness (QED) is 0.180. The van der Waals surface area contributed by atoms with Crippen LogP contribution in [0.4, 0.5) is 0 Å². The molecule has 13 heteroatoms. The minimum Gasteiger partial charge on any atom is -0.493 e. The summed E-state index contributed by atoms with van der Waals surface area (Å²) in [5.74, 6) is -0.312. The number of carboxylic acid groups (broad SMARTS) is 1. The maximum Gasteiger partial charge on any atom is 0.341 e. The van der Waals surface area contributed by atoms with E-state index in [0.717, 1.165) is 20.8 Å². The number of hydrogen-bond donors (Lipinski definition) is 1. The van der Waals surface area contributed by atoms with Crippen molar-refractivity contribution in [2.75, 3.05) is 27.4 Å². The number of aromatic nitrogens is 1. The number of aliphatic carboxylic acids is 1. The zero-order valence-corrected chi connectivity index (χ0v) is 27.4. The number of carbonyl (C=O) groups is 2. The van der Waals surface area contributed by atoms with Gasteiger partial charge in [0.15, 0.2) is 18.1 Å². The second-order valence-electron chi connectivity index (χ2n) is 10.9. The van der Waals surface area contributed by atoms with E-state index >= 15 is 0 Å². The number of rotatable bonds is 13. The Morgan fingerprint density at radius 1 is 1.04 bits per heavy atom. The maximum absolute atomic E-state index is 13.9. The summed E-state index contributed by atoms with van der Waals surface area (Å²) >= 11 is 1.41. The van der Waals surface area contributed by atoms with Crippen LogP contribution >= 0.6 is 11.3 Å². The normalized spacial score (nSPS) is 16.1. The van der Waals surface area contributed by atoms with Gasteiger partial charge in [-0.15, -0.1) is 11.3 Å². The third kappa shape index (κ3) is 7.60. The van der Waals surface area contributed by atoms with E-state index in [1.807, 2.05) is 19.1 Å². The Morgan fingerprint density at radius 2 is 1.85 bits per heavy atom. The SMILES string of the molecule is COc1ccc(CC[C@@H](OC(=O)[C@H]2CCCCN2S(=O)(=O)c2ccc3nc(C)sc3c2)c2cccc(OCC(=O)O)c2)cc1OC. The lowest BCUT2D eigenvalue weighted by atomic mass is 10.00. The molecule has 1 aromatic heterocycles. The molecule has 0 bridgehead atoms. The molecule has 5 rings (SSSR count). The molecule has 0 radical (unpaired) electrons. The number of thiazole rings is 1. The fraction of sp³-hybridized carbons (Fsp3) is 0.364. The van der Waals surface area contributed by atoms with E-state index in [0.29, 0.717) is 54.9 Å². The van der Waals surface area contributed by atoms with E-state index in [2.05, 4.69) is 4.98 Å². The second kappa shape index (κ2) is 14.5. The zero-order chi connectivity index (χ0) is 32.8. The number of sulfonamides is 1. The monoisotopic (exact) mass is 668 g/mol. The van der Waals surface area contributed by atoms with E-state index in [1.54, 1.807) is 56.7 Å². The molecule has 1 saturated heterocycles. The van der Waals surface area contributed by atoms with Crippen LogP contribution in [0.5, 0.6) is 17.2 Å². The van der Waals surface area contributed by atoms with Crippen molar-refractivity contribution >= 4 is 43.5 Å². The van der Waals surface area contributed by atoms with Gasteiger partial charge in [-0.2, -0.15) is 4.31 Å². The first kappa shape index (κ1) is 33.2. The molecule has 1 fully saturated rings.